The predicted molar refractivity (Wildman–Crippen MR) is 66.9 cm³/mol. The van der Waals surface area contributed by atoms with Gasteiger partial charge in [0.2, 0.25) is 0 Å². The molecular formula is C12H24N2O3. The number of carbonyl (C=O) groups is 2. The van der Waals surface area contributed by atoms with Crippen LogP contribution in [-0.2, 0) is 4.79 Å². The molecule has 5 heteroatoms. The summed E-state index contributed by atoms with van der Waals surface area (Å²) in [5.41, 5.74) is -0.0547. The average Bonchev–Trinajstić information content (AvgIpc) is 2.15. The van der Waals surface area contributed by atoms with E-state index in [2.05, 4.69) is 10.6 Å². The lowest BCUT2D eigenvalue weighted by Gasteiger charge is -2.28. The standard InChI is InChI=1S/C12H24N2O3/c1-6-7-9(10(15)16)14-11(17)13-8(2)12(3,4)5/h8-9H,6-7H2,1-5H3,(H,15,16)(H2,13,14,17)/t8?,9-/m1/s1. The van der Waals surface area contributed by atoms with Crippen molar-refractivity contribution in [2.24, 2.45) is 5.41 Å². The fourth-order valence-corrected chi connectivity index (χ4v) is 1.16. The highest BCUT2D eigenvalue weighted by molar-refractivity contribution is 5.82. The number of rotatable bonds is 5. The fraction of sp³-hybridized carbons (Fsp3) is 0.833. The van der Waals surface area contributed by atoms with E-state index in [1.807, 2.05) is 34.6 Å². The second kappa shape index (κ2) is 6.47. The largest absolute Gasteiger partial charge is 0.480 e. The molecule has 0 aliphatic heterocycles. The van der Waals surface area contributed by atoms with Crippen LogP contribution in [0.3, 0.4) is 0 Å². The molecule has 0 heterocycles. The normalized spacial score (nSPS) is 14.9. The van der Waals surface area contributed by atoms with Gasteiger partial charge in [0.25, 0.3) is 0 Å². The number of carbonyl (C=O) groups excluding carboxylic acids is 1. The topological polar surface area (TPSA) is 78.4 Å². The molecule has 2 atom stereocenters. The van der Waals surface area contributed by atoms with Crippen LogP contribution < -0.4 is 10.6 Å². The molecule has 0 aromatic heterocycles. The molecule has 2 amide bonds. The zero-order valence-corrected chi connectivity index (χ0v) is 11.3. The highest BCUT2D eigenvalue weighted by Gasteiger charge is 2.24. The molecule has 0 rings (SSSR count). The Morgan fingerprint density at radius 2 is 1.76 bits per heavy atom. The smallest absolute Gasteiger partial charge is 0.326 e. The summed E-state index contributed by atoms with van der Waals surface area (Å²) in [6, 6.07) is -1.26. The molecule has 17 heavy (non-hydrogen) atoms. The molecule has 0 saturated carbocycles. The van der Waals surface area contributed by atoms with E-state index >= 15 is 0 Å². The van der Waals surface area contributed by atoms with Crippen LogP contribution >= 0.6 is 0 Å². The van der Waals surface area contributed by atoms with E-state index in [9.17, 15) is 9.59 Å². The van der Waals surface area contributed by atoms with E-state index in [0.717, 1.165) is 0 Å². The third kappa shape index (κ3) is 6.14. The van der Waals surface area contributed by atoms with E-state index in [-0.39, 0.29) is 11.5 Å². The Hall–Kier alpha value is -1.26. The Bertz CT molecular complexity index is 271. The van der Waals surface area contributed by atoms with Crippen LogP contribution in [0.1, 0.15) is 47.5 Å². The van der Waals surface area contributed by atoms with Gasteiger partial charge in [0.05, 0.1) is 0 Å². The number of carboxylic acid groups (broad SMARTS) is 1. The van der Waals surface area contributed by atoms with E-state index in [0.29, 0.717) is 12.8 Å². The number of hydrogen-bond donors (Lipinski definition) is 3. The van der Waals surface area contributed by atoms with Crippen molar-refractivity contribution < 1.29 is 14.7 Å². The molecule has 0 saturated heterocycles. The first-order chi connectivity index (χ1) is 7.68. The minimum absolute atomic E-state index is 0.0291. The first-order valence-electron chi connectivity index (χ1n) is 5.98. The van der Waals surface area contributed by atoms with Crippen LogP contribution in [0.2, 0.25) is 0 Å². The SMILES string of the molecule is CCC[C@@H](NC(=O)NC(C)C(C)(C)C)C(=O)O. The second-order valence-electron chi connectivity index (χ2n) is 5.39. The molecule has 0 aromatic rings. The van der Waals surface area contributed by atoms with Gasteiger partial charge in [-0.15, -0.1) is 0 Å². The van der Waals surface area contributed by atoms with Crippen LogP contribution in [0.4, 0.5) is 4.79 Å². The molecular weight excluding hydrogens is 220 g/mol. The molecule has 5 nitrogen and oxygen atoms in total. The molecule has 0 spiro atoms. The molecule has 0 fully saturated rings. The van der Waals surface area contributed by atoms with Crippen molar-refractivity contribution in [3.05, 3.63) is 0 Å². The Labute approximate surface area is 103 Å². The zero-order chi connectivity index (χ0) is 13.6. The van der Waals surface area contributed by atoms with E-state index in [1.54, 1.807) is 0 Å². The predicted octanol–water partition coefficient (Wildman–Crippen LogP) is 1.97. The van der Waals surface area contributed by atoms with Gasteiger partial charge in [-0.2, -0.15) is 0 Å². The first kappa shape index (κ1) is 15.7. The van der Waals surface area contributed by atoms with Gasteiger partial charge in [-0.25, -0.2) is 9.59 Å². The van der Waals surface area contributed by atoms with Crippen molar-refractivity contribution in [2.75, 3.05) is 0 Å². The number of hydrogen-bond acceptors (Lipinski definition) is 2. The third-order valence-electron chi connectivity index (χ3n) is 2.83. The number of aliphatic carboxylic acids is 1. The summed E-state index contributed by atoms with van der Waals surface area (Å²) in [5.74, 6) is -0.995. The minimum atomic E-state index is -0.995. The quantitative estimate of drug-likeness (QED) is 0.692. The van der Waals surface area contributed by atoms with Gasteiger partial charge in [0.15, 0.2) is 0 Å². The number of urea groups is 1. The average molecular weight is 244 g/mol. The molecule has 3 N–H and O–H groups in total. The summed E-state index contributed by atoms with van der Waals surface area (Å²) >= 11 is 0. The number of carboxylic acids is 1. The highest BCUT2D eigenvalue weighted by atomic mass is 16.4. The molecule has 0 bridgehead atoms. The summed E-state index contributed by atoms with van der Waals surface area (Å²) in [6.07, 6.45) is 1.15. The van der Waals surface area contributed by atoms with Gasteiger partial charge in [-0.1, -0.05) is 34.1 Å². The molecule has 100 valence electrons. The summed E-state index contributed by atoms with van der Waals surface area (Å²) in [4.78, 5) is 22.5. The van der Waals surface area contributed by atoms with Crippen molar-refractivity contribution in [3.8, 4) is 0 Å². The van der Waals surface area contributed by atoms with E-state index in [1.165, 1.54) is 0 Å². The minimum Gasteiger partial charge on any atom is -0.480 e. The Kier molecular flexibility index (Phi) is 5.99. The van der Waals surface area contributed by atoms with Gasteiger partial charge < -0.3 is 15.7 Å². The van der Waals surface area contributed by atoms with Crippen LogP contribution in [-0.4, -0.2) is 29.2 Å². The number of nitrogens with one attached hydrogen (secondary N) is 2. The lowest BCUT2D eigenvalue weighted by molar-refractivity contribution is -0.139. The molecule has 1 unspecified atom stereocenters. The summed E-state index contributed by atoms with van der Waals surface area (Å²) < 4.78 is 0. The van der Waals surface area contributed by atoms with Gasteiger partial charge >= 0.3 is 12.0 Å². The van der Waals surface area contributed by atoms with Gasteiger partial charge in [-0.3, -0.25) is 0 Å². The van der Waals surface area contributed by atoms with Gasteiger partial charge in [0.1, 0.15) is 6.04 Å². The molecule has 0 radical (unpaired) electrons. The monoisotopic (exact) mass is 244 g/mol. The van der Waals surface area contributed by atoms with Gasteiger partial charge in [-0.05, 0) is 18.8 Å². The van der Waals surface area contributed by atoms with Crippen molar-refractivity contribution >= 4 is 12.0 Å². The van der Waals surface area contributed by atoms with Crippen LogP contribution in [0, 0.1) is 5.41 Å². The summed E-state index contributed by atoms with van der Waals surface area (Å²) in [5, 5.41) is 14.1. The highest BCUT2D eigenvalue weighted by Crippen LogP contribution is 2.18. The van der Waals surface area contributed by atoms with Gasteiger partial charge in [0, 0.05) is 6.04 Å². The first-order valence-corrected chi connectivity index (χ1v) is 5.98. The fourth-order valence-electron chi connectivity index (χ4n) is 1.16. The maximum Gasteiger partial charge on any atom is 0.326 e. The third-order valence-corrected chi connectivity index (χ3v) is 2.83. The van der Waals surface area contributed by atoms with Crippen LogP contribution in [0.25, 0.3) is 0 Å². The van der Waals surface area contributed by atoms with Crippen molar-refractivity contribution in [1.29, 1.82) is 0 Å². The van der Waals surface area contributed by atoms with Crippen molar-refractivity contribution in [3.63, 3.8) is 0 Å². The Morgan fingerprint density at radius 3 is 2.12 bits per heavy atom. The molecule has 0 aliphatic carbocycles. The maximum absolute atomic E-state index is 11.6. The zero-order valence-electron chi connectivity index (χ0n) is 11.3. The van der Waals surface area contributed by atoms with E-state index < -0.39 is 18.0 Å². The maximum atomic E-state index is 11.6. The summed E-state index contributed by atoms with van der Waals surface area (Å²) in [6.45, 7) is 9.82. The molecule has 0 aliphatic rings. The lowest BCUT2D eigenvalue weighted by Crippen LogP contribution is -2.51. The van der Waals surface area contributed by atoms with E-state index in [4.69, 9.17) is 5.11 Å². The van der Waals surface area contributed by atoms with Crippen molar-refractivity contribution in [2.45, 2.75) is 59.5 Å². The summed E-state index contributed by atoms with van der Waals surface area (Å²) in [7, 11) is 0. The second-order valence-corrected chi connectivity index (χ2v) is 5.39. The number of amides is 2. The van der Waals surface area contributed by atoms with Crippen molar-refractivity contribution in [1.82, 2.24) is 10.6 Å². The molecule has 0 aromatic carbocycles. The Morgan fingerprint density at radius 1 is 1.24 bits per heavy atom. The Balaban J connectivity index is 4.29. The van der Waals surface area contributed by atoms with Crippen LogP contribution in [0.5, 0.6) is 0 Å². The lowest BCUT2D eigenvalue weighted by atomic mass is 9.88. The van der Waals surface area contributed by atoms with Crippen LogP contribution in [0.15, 0.2) is 0 Å².